The minimum absolute atomic E-state index is 0.127. The first-order valence-corrected chi connectivity index (χ1v) is 5.50. The molecule has 0 saturated carbocycles. The van der Waals surface area contributed by atoms with Crippen LogP contribution in [-0.2, 0) is 9.53 Å². The van der Waals surface area contributed by atoms with E-state index in [0.717, 1.165) is 0 Å². The number of rotatable bonds is 0. The van der Waals surface area contributed by atoms with Gasteiger partial charge in [0, 0.05) is 18.5 Å². The van der Waals surface area contributed by atoms with Crippen molar-refractivity contribution in [2.24, 2.45) is 0 Å². The molecule has 0 aliphatic carbocycles. The molecule has 0 aromatic heterocycles. The highest BCUT2D eigenvalue weighted by Gasteiger charge is 2.27. The quantitative estimate of drug-likeness (QED) is 0.593. The Kier molecular flexibility index (Phi) is 3.73. The molecule has 90 valence electrons. The van der Waals surface area contributed by atoms with E-state index in [1.54, 1.807) is 11.0 Å². The van der Waals surface area contributed by atoms with Crippen LogP contribution in [0, 0.1) is 0 Å². The van der Waals surface area contributed by atoms with Gasteiger partial charge in [-0.15, -0.1) is 0 Å². The molecular weight excluding hydrogens is 206 g/mol. The number of likely N-dealkylation sites (tertiary alicyclic amines) is 1. The van der Waals surface area contributed by atoms with Crippen LogP contribution in [0.5, 0.6) is 0 Å². The number of ether oxygens (including phenoxy) is 1. The third-order valence-corrected chi connectivity index (χ3v) is 2.33. The van der Waals surface area contributed by atoms with E-state index in [1.807, 2.05) is 27.7 Å². The van der Waals surface area contributed by atoms with E-state index in [-0.39, 0.29) is 11.9 Å². The van der Waals surface area contributed by atoms with E-state index in [4.69, 9.17) is 4.74 Å². The van der Waals surface area contributed by atoms with Gasteiger partial charge in [-0.05, 0) is 27.7 Å². The van der Waals surface area contributed by atoms with Gasteiger partial charge in [0.05, 0.1) is 6.54 Å². The molecule has 0 spiro atoms. The Morgan fingerprint density at radius 2 is 2.06 bits per heavy atom. The van der Waals surface area contributed by atoms with Crippen molar-refractivity contribution in [3.05, 3.63) is 11.6 Å². The Morgan fingerprint density at radius 3 is 2.56 bits per heavy atom. The number of ketones is 1. The van der Waals surface area contributed by atoms with Gasteiger partial charge in [-0.25, -0.2) is 4.79 Å². The maximum Gasteiger partial charge on any atom is 0.410 e. The molecule has 0 aromatic rings. The summed E-state index contributed by atoms with van der Waals surface area (Å²) in [6.45, 7) is 8.12. The van der Waals surface area contributed by atoms with Gasteiger partial charge in [0.25, 0.3) is 0 Å². The van der Waals surface area contributed by atoms with E-state index in [0.29, 0.717) is 25.1 Å². The third-order valence-electron chi connectivity index (χ3n) is 2.33. The molecule has 0 bridgehead atoms. The predicted octanol–water partition coefficient (Wildman–Crippen LogP) is 2.14. The number of hydrogen-bond acceptors (Lipinski definition) is 3. The van der Waals surface area contributed by atoms with E-state index < -0.39 is 5.60 Å². The van der Waals surface area contributed by atoms with Crippen molar-refractivity contribution in [1.82, 2.24) is 4.90 Å². The van der Waals surface area contributed by atoms with E-state index in [9.17, 15) is 9.59 Å². The van der Waals surface area contributed by atoms with Crippen LogP contribution in [0.4, 0.5) is 4.79 Å². The summed E-state index contributed by atoms with van der Waals surface area (Å²) in [5.74, 6) is 0.127. The van der Waals surface area contributed by atoms with Gasteiger partial charge >= 0.3 is 6.09 Å². The van der Waals surface area contributed by atoms with E-state index >= 15 is 0 Å². The van der Waals surface area contributed by atoms with Crippen LogP contribution < -0.4 is 0 Å². The molecule has 0 atom stereocenters. The average Bonchev–Trinajstić information content (AvgIpc) is 2.15. The fourth-order valence-corrected chi connectivity index (χ4v) is 1.50. The van der Waals surface area contributed by atoms with Crippen molar-refractivity contribution in [3.8, 4) is 0 Å². The molecule has 1 amide bonds. The standard InChI is InChI=1S/C12H19NO3/c1-5-9-8-13(7-6-10(9)14)11(15)16-12(2,3)4/h5H,6-8H2,1-4H3. The second-order valence-electron chi connectivity index (χ2n) is 4.89. The Balaban J connectivity index is 2.63. The molecule has 1 aliphatic heterocycles. The maximum absolute atomic E-state index is 11.7. The number of piperidine rings is 1. The van der Waals surface area contributed by atoms with Crippen LogP contribution in [0.15, 0.2) is 11.6 Å². The number of allylic oxidation sites excluding steroid dienone is 1. The molecule has 1 heterocycles. The summed E-state index contributed by atoms with van der Waals surface area (Å²) in [6, 6.07) is 0. The second-order valence-corrected chi connectivity index (χ2v) is 4.89. The highest BCUT2D eigenvalue weighted by atomic mass is 16.6. The molecule has 0 N–H and O–H groups in total. The normalized spacial score (nSPS) is 20.1. The van der Waals surface area contributed by atoms with Gasteiger partial charge in [0.15, 0.2) is 5.78 Å². The van der Waals surface area contributed by atoms with Crippen LogP contribution in [0.2, 0.25) is 0 Å². The summed E-state index contributed by atoms with van der Waals surface area (Å²) in [6.07, 6.45) is 1.80. The molecule has 1 saturated heterocycles. The number of hydrogen-bond donors (Lipinski definition) is 0. The van der Waals surface area contributed by atoms with Crippen molar-refractivity contribution >= 4 is 11.9 Å². The SMILES string of the molecule is CC=C1CN(C(=O)OC(C)(C)C)CCC1=O. The molecule has 0 aromatic carbocycles. The summed E-state index contributed by atoms with van der Waals surface area (Å²) >= 11 is 0. The fraction of sp³-hybridized carbons (Fsp3) is 0.667. The van der Waals surface area contributed by atoms with Gasteiger partial charge in [-0.2, -0.15) is 0 Å². The van der Waals surface area contributed by atoms with Gasteiger partial charge in [0.1, 0.15) is 5.60 Å². The Labute approximate surface area is 96.3 Å². The molecule has 0 radical (unpaired) electrons. The minimum Gasteiger partial charge on any atom is -0.444 e. The van der Waals surface area contributed by atoms with Crippen molar-refractivity contribution in [2.45, 2.75) is 39.7 Å². The van der Waals surface area contributed by atoms with E-state index in [2.05, 4.69) is 0 Å². The minimum atomic E-state index is -0.491. The molecule has 4 heteroatoms. The average molecular weight is 225 g/mol. The molecule has 0 unspecified atom stereocenters. The number of nitrogens with zero attached hydrogens (tertiary/aromatic N) is 1. The maximum atomic E-state index is 11.7. The van der Waals surface area contributed by atoms with Gasteiger partial charge in [0.2, 0.25) is 0 Å². The topological polar surface area (TPSA) is 46.6 Å². The molecule has 1 fully saturated rings. The lowest BCUT2D eigenvalue weighted by atomic mass is 10.0. The summed E-state index contributed by atoms with van der Waals surface area (Å²) in [5, 5.41) is 0. The monoisotopic (exact) mass is 225 g/mol. The van der Waals surface area contributed by atoms with Crippen LogP contribution >= 0.6 is 0 Å². The smallest absolute Gasteiger partial charge is 0.410 e. The first-order valence-electron chi connectivity index (χ1n) is 5.50. The Hall–Kier alpha value is -1.32. The van der Waals surface area contributed by atoms with Gasteiger partial charge < -0.3 is 9.64 Å². The number of amides is 1. The largest absolute Gasteiger partial charge is 0.444 e. The van der Waals surface area contributed by atoms with Crippen molar-refractivity contribution in [3.63, 3.8) is 0 Å². The Bertz CT molecular complexity index is 326. The third kappa shape index (κ3) is 3.36. The van der Waals surface area contributed by atoms with Crippen molar-refractivity contribution < 1.29 is 14.3 Å². The first-order chi connectivity index (χ1) is 7.33. The fourth-order valence-electron chi connectivity index (χ4n) is 1.50. The zero-order chi connectivity index (χ0) is 12.3. The van der Waals surface area contributed by atoms with Gasteiger partial charge in [-0.3, -0.25) is 4.79 Å². The summed E-state index contributed by atoms with van der Waals surface area (Å²) in [7, 11) is 0. The molecule has 4 nitrogen and oxygen atoms in total. The highest BCUT2D eigenvalue weighted by Crippen LogP contribution is 2.16. The lowest BCUT2D eigenvalue weighted by Crippen LogP contribution is -2.42. The number of carbonyl (C=O) groups excluding carboxylic acids is 2. The van der Waals surface area contributed by atoms with Crippen LogP contribution in [-0.4, -0.2) is 35.5 Å². The van der Waals surface area contributed by atoms with Gasteiger partial charge in [-0.1, -0.05) is 6.08 Å². The van der Waals surface area contributed by atoms with Crippen molar-refractivity contribution in [2.75, 3.05) is 13.1 Å². The van der Waals surface area contributed by atoms with Crippen LogP contribution in [0.25, 0.3) is 0 Å². The first kappa shape index (κ1) is 12.7. The number of Topliss-reactive ketones (excluding diaryl/α,β-unsaturated/α-hetero) is 1. The summed E-state index contributed by atoms with van der Waals surface area (Å²) in [4.78, 5) is 24.8. The lowest BCUT2D eigenvalue weighted by Gasteiger charge is -2.30. The second kappa shape index (κ2) is 4.68. The van der Waals surface area contributed by atoms with Crippen LogP contribution in [0.1, 0.15) is 34.1 Å². The molecule has 1 aliphatic rings. The number of carbonyl (C=O) groups is 2. The Morgan fingerprint density at radius 1 is 1.44 bits per heavy atom. The summed E-state index contributed by atoms with van der Waals surface area (Å²) in [5.41, 5.74) is 0.200. The summed E-state index contributed by atoms with van der Waals surface area (Å²) < 4.78 is 5.25. The highest BCUT2D eigenvalue weighted by molar-refractivity contribution is 5.97. The van der Waals surface area contributed by atoms with Crippen molar-refractivity contribution in [1.29, 1.82) is 0 Å². The van der Waals surface area contributed by atoms with E-state index in [1.165, 1.54) is 0 Å². The van der Waals surface area contributed by atoms with Crippen LogP contribution in [0.3, 0.4) is 0 Å². The molecule has 1 rings (SSSR count). The molecular formula is C12H19NO3. The lowest BCUT2D eigenvalue weighted by molar-refractivity contribution is -0.117. The predicted molar refractivity (Wildman–Crippen MR) is 61.2 cm³/mol. The molecule has 16 heavy (non-hydrogen) atoms. The zero-order valence-electron chi connectivity index (χ0n) is 10.4. The zero-order valence-corrected chi connectivity index (χ0v) is 10.4.